The summed E-state index contributed by atoms with van der Waals surface area (Å²) in [4.78, 5) is 28.8. The summed E-state index contributed by atoms with van der Waals surface area (Å²) < 4.78 is 1.64. The molecule has 4 aromatic rings. The first kappa shape index (κ1) is 22.3. The molecule has 168 valence electrons. The number of nitro benzene ring substituents is 1. The first-order valence-corrected chi connectivity index (χ1v) is 11.1. The Labute approximate surface area is 194 Å². The van der Waals surface area contributed by atoms with Gasteiger partial charge < -0.3 is 0 Å². The number of non-ortho nitro benzene ring substituents is 1. The second kappa shape index (κ2) is 8.91. The van der Waals surface area contributed by atoms with E-state index < -0.39 is 10.8 Å². The molecule has 0 aliphatic heterocycles. The van der Waals surface area contributed by atoms with Gasteiger partial charge in [0.15, 0.2) is 10.8 Å². The number of amides is 1. The maximum absolute atomic E-state index is 12.9. The number of anilines is 1. The lowest BCUT2D eigenvalue weighted by molar-refractivity contribution is -0.384. The highest BCUT2D eigenvalue weighted by Gasteiger charge is 2.20. The number of aromatic nitrogens is 4. The second-order valence-electron chi connectivity index (χ2n) is 7.79. The summed E-state index contributed by atoms with van der Waals surface area (Å²) in [7, 11) is 0. The molecule has 0 spiro atoms. The molecular formula is C23H22N6O3S. The molecule has 9 nitrogen and oxygen atoms in total. The molecule has 0 aliphatic rings. The van der Waals surface area contributed by atoms with E-state index in [0.29, 0.717) is 17.2 Å². The molecular weight excluding hydrogens is 440 g/mol. The van der Waals surface area contributed by atoms with E-state index in [2.05, 4.69) is 20.6 Å². The Hall–Kier alpha value is -3.92. The zero-order valence-electron chi connectivity index (χ0n) is 18.6. The molecule has 2 aromatic heterocycles. The van der Waals surface area contributed by atoms with Crippen molar-refractivity contribution < 1.29 is 9.72 Å². The lowest BCUT2D eigenvalue weighted by Crippen LogP contribution is -2.14. The number of hydrogen-bond acceptors (Lipinski definition) is 7. The van der Waals surface area contributed by atoms with Crippen LogP contribution in [-0.4, -0.2) is 30.8 Å². The van der Waals surface area contributed by atoms with E-state index in [1.165, 1.54) is 23.0 Å². The SMILES string of the molecule is Cc1ccc(-n2nnc(C(=O)Nc3nc(C)c(Cc4cccc([N+](=O)[O-])c4)s3)c2C)cc1C. The summed E-state index contributed by atoms with van der Waals surface area (Å²) in [5.41, 5.74) is 5.61. The van der Waals surface area contributed by atoms with Crippen molar-refractivity contribution in [2.24, 2.45) is 0 Å². The van der Waals surface area contributed by atoms with Crippen LogP contribution in [0.15, 0.2) is 42.5 Å². The van der Waals surface area contributed by atoms with Crippen LogP contribution in [0.1, 0.15) is 43.4 Å². The number of nitrogens with one attached hydrogen (secondary N) is 1. The van der Waals surface area contributed by atoms with E-state index in [9.17, 15) is 14.9 Å². The molecule has 0 unspecified atom stereocenters. The van der Waals surface area contributed by atoms with Crippen molar-refractivity contribution >= 4 is 28.1 Å². The number of carbonyl (C=O) groups excluding carboxylic acids is 1. The molecule has 0 atom stereocenters. The van der Waals surface area contributed by atoms with Gasteiger partial charge in [0.05, 0.1) is 22.0 Å². The van der Waals surface area contributed by atoms with Crippen molar-refractivity contribution in [1.82, 2.24) is 20.0 Å². The van der Waals surface area contributed by atoms with E-state index in [1.807, 2.05) is 45.0 Å². The molecule has 0 fully saturated rings. The van der Waals surface area contributed by atoms with Gasteiger partial charge in [-0.25, -0.2) is 9.67 Å². The number of carbonyl (C=O) groups is 1. The van der Waals surface area contributed by atoms with Crippen molar-refractivity contribution in [1.29, 1.82) is 0 Å². The fourth-order valence-electron chi connectivity index (χ4n) is 3.41. The summed E-state index contributed by atoms with van der Waals surface area (Å²) in [6.45, 7) is 7.70. The van der Waals surface area contributed by atoms with Crippen LogP contribution in [0.5, 0.6) is 0 Å². The molecule has 2 aromatic carbocycles. The fourth-order valence-corrected chi connectivity index (χ4v) is 4.40. The van der Waals surface area contributed by atoms with Gasteiger partial charge in [-0.3, -0.25) is 20.2 Å². The average molecular weight is 463 g/mol. The summed E-state index contributed by atoms with van der Waals surface area (Å²) in [6.07, 6.45) is 0.489. The van der Waals surface area contributed by atoms with Gasteiger partial charge in [-0.2, -0.15) is 0 Å². The van der Waals surface area contributed by atoms with Crippen molar-refractivity contribution in [2.75, 3.05) is 5.32 Å². The summed E-state index contributed by atoms with van der Waals surface area (Å²) in [5.74, 6) is -0.391. The Balaban J connectivity index is 1.52. The molecule has 2 heterocycles. The minimum Gasteiger partial charge on any atom is -0.296 e. The third-order valence-corrected chi connectivity index (χ3v) is 6.52. The van der Waals surface area contributed by atoms with Crippen molar-refractivity contribution in [3.8, 4) is 5.69 Å². The number of benzene rings is 2. The van der Waals surface area contributed by atoms with Gasteiger partial charge in [0.1, 0.15) is 0 Å². The van der Waals surface area contributed by atoms with Gasteiger partial charge in [0, 0.05) is 23.4 Å². The third kappa shape index (κ3) is 4.65. The molecule has 33 heavy (non-hydrogen) atoms. The van der Waals surface area contributed by atoms with Crippen LogP contribution in [0, 0.1) is 37.8 Å². The maximum Gasteiger partial charge on any atom is 0.279 e. The second-order valence-corrected chi connectivity index (χ2v) is 8.87. The molecule has 4 rings (SSSR count). The van der Waals surface area contributed by atoms with Gasteiger partial charge in [-0.05, 0) is 56.5 Å². The number of thiazole rings is 1. The molecule has 0 saturated heterocycles. The van der Waals surface area contributed by atoms with Crippen molar-refractivity contribution in [2.45, 2.75) is 34.1 Å². The highest BCUT2D eigenvalue weighted by molar-refractivity contribution is 7.15. The lowest BCUT2D eigenvalue weighted by Gasteiger charge is -2.06. The van der Waals surface area contributed by atoms with E-state index in [4.69, 9.17) is 0 Å². The smallest absolute Gasteiger partial charge is 0.279 e. The van der Waals surface area contributed by atoms with Crippen LogP contribution in [0.25, 0.3) is 5.69 Å². The first-order chi connectivity index (χ1) is 15.7. The monoisotopic (exact) mass is 462 g/mol. The van der Waals surface area contributed by atoms with Gasteiger partial charge in [0.25, 0.3) is 11.6 Å². The zero-order chi connectivity index (χ0) is 23.7. The number of nitro groups is 1. The Bertz CT molecular complexity index is 1370. The number of rotatable bonds is 6. The van der Waals surface area contributed by atoms with Crippen molar-refractivity contribution in [3.05, 3.63) is 91.2 Å². The van der Waals surface area contributed by atoms with Crippen molar-refractivity contribution in [3.63, 3.8) is 0 Å². The molecule has 0 radical (unpaired) electrons. The Morgan fingerprint density at radius 3 is 2.64 bits per heavy atom. The number of hydrogen-bond donors (Lipinski definition) is 1. The number of aryl methyl sites for hydroxylation is 3. The third-order valence-electron chi connectivity index (χ3n) is 5.44. The molecule has 0 aliphatic carbocycles. The Kier molecular flexibility index (Phi) is 6.01. The molecule has 10 heteroatoms. The van der Waals surface area contributed by atoms with Crippen LogP contribution in [-0.2, 0) is 6.42 Å². The Morgan fingerprint density at radius 1 is 1.12 bits per heavy atom. The van der Waals surface area contributed by atoms with Gasteiger partial charge >= 0.3 is 0 Å². The maximum atomic E-state index is 12.9. The molecule has 1 amide bonds. The lowest BCUT2D eigenvalue weighted by atomic mass is 10.1. The van der Waals surface area contributed by atoms with Crippen LogP contribution >= 0.6 is 11.3 Å². The van der Waals surface area contributed by atoms with Crippen LogP contribution in [0.2, 0.25) is 0 Å². The summed E-state index contributed by atoms with van der Waals surface area (Å²) in [5, 5.41) is 22.5. The Morgan fingerprint density at radius 2 is 1.91 bits per heavy atom. The normalized spacial score (nSPS) is 10.9. The first-order valence-electron chi connectivity index (χ1n) is 10.2. The van der Waals surface area contributed by atoms with Gasteiger partial charge in [-0.15, -0.1) is 16.4 Å². The molecule has 1 N–H and O–H groups in total. The van der Waals surface area contributed by atoms with Gasteiger partial charge in [0.2, 0.25) is 0 Å². The zero-order valence-corrected chi connectivity index (χ0v) is 19.4. The molecule has 0 bridgehead atoms. The predicted octanol–water partition coefficient (Wildman–Crippen LogP) is 4.71. The highest BCUT2D eigenvalue weighted by Crippen LogP contribution is 2.27. The summed E-state index contributed by atoms with van der Waals surface area (Å²) in [6, 6.07) is 12.5. The van der Waals surface area contributed by atoms with E-state index in [0.717, 1.165) is 27.4 Å². The topological polar surface area (TPSA) is 116 Å². The largest absolute Gasteiger partial charge is 0.296 e. The van der Waals surface area contributed by atoms with Gasteiger partial charge in [-0.1, -0.05) is 23.4 Å². The van der Waals surface area contributed by atoms with Crippen LogP contribution in [0.4, 0.5) is 10.8 Å². The average Bonchev–Trinajstić information content (AvgIpc) is 3.32. The standard InChI is InChI=1S/C23H22N6O3S/c1-13-8-9-18(10-14(13)2)28-16(4)21(26-27-28)22(30)25-23-24-15(3)20(33-23)12-17-6-5-7-19(11-17)29(31)32/h5-11H,12H2,1-4H3,(H,24,25,30). The number of nitrogens with zero attached hydrogens (tertiary/aromatic N) is 5. The minimum atomic E-state index is -0.415. The quantitative estimate of drug-likeness (QED) is 0.328. The summed E-state index contributed by atoms with van der Waals surface area (Å²) >= 11 is 1.34. The molecule has 0 saturated carbocycles. The minimum absolute atomic E-state index is 0.0468. The predicted molar refractivity (Wildman–Crippen MR) is 126 cm³/mol. The van der Waals surface area contributed by atoms with Crippen LogP contribution < -0.4 is 5.32 Å². The fraction of sp³-hybridized carbons (Fsp3) is 0.217. The van der Waals surface area contributed by atoms with Crippen LogP contribution in [0.3, 0.4) is 0 Å². The van der Waals surface area contributed by atoms with E-state index in [-0.39, 0.29) is 11.4 Å². The van der Waals surface area contributed by atoms with E-state index in [1.54, 1.807) is 23.7 Å². The highest BCUT2D eigenvalue weighted by atomic mass is 32.1. The van der Waals surface area contributed by atoms with E-state index >= 15 is 0 Å².